The summed E-state index contributed by atoms with van der Waals surface area (Å²) >= 11 is 5.67. The van der Waals surface area contributed by atoms with Crippen LogP contribution >= 0.6 is 11.6 Å². The number of halogens is 1. The lowest BCUT2D eigenvalue weighted by Gasteiger charge is -2.37. The van der Waals surface area contributed by atoms with Gasteiger partial charge in [-0.1, -0.05) is 6.92 Å². The van der Waals surface area contributed by atoms with Crippen LogP contribution in [0.25, 0.3) is 0 Å². The number of carbonyl (C=O) groups is 2. The summed E-state index contributed by atoms with van der Waals surface area (Å²) in [5.41, 5.74) is -0.484. The Balaban J connectivity index is 2.66. The number of nitrogens with one attached hydrogen (secondary N) is 1. The molecule has 0 saturated heterocycles. The molecular weight excluding hydrogens is 242 g/mol. The topological polar surface area (TPSA) is 55.4 Å². The minimum absolute atomic E-state index is 0.0111. The highest BCUT2D eigenvalue weighted by molar-refractivity contribution is 6.28. The number of alkyl halides is 1. The Bertz CT molecular complexity index is 285. The molecule has 0 aromatic rings. The third kappa shape index (κ3) is 3.60. The number of carbonyl (C=O) groups excluding carboxylic acids is 2. The van der Waals surface area contributed by atoms with Crippen LogP contribution in [0.2, 0.25) is 0 Å². The van der Waals surface area contributed by atoms with Gasteiger partial charge < -0.3 is 10.1 Å². The molecule has 0 aromatic heterocycles. The third-order valence-corrected chi connectivity index (χ3v) is 3.94. The predicted molar refractivity (Wildman–Crippen MR) is 66.2 cm³/mol. The first-order valence-corrected chi connectivity index (χ1v) is 6.48. The van der Waals surface area contributed by atoms with Gasteiger partial charge in [-0.3, -0.25) is 4.79 Å². The van der Waals surface area contributed by atoms with E-state index in [1.54, 1.807) is 0 Å². The van der Waals surface area contributed by atoms with Crippen molar-refractivity contribution in [3.8, 4) is 0 Å². The number of rotatable bonds is 4. The van der Waals surface area contributed by atoms with Crippen LogP contribution in [-0.4, -0.2) is 31.4 Å². The van der Waals surface area contributed by atoms with E-state index in [2.05, 4.69) is 17.0 Å². The Morgan fingerprint density at radius 1 is 1.41 bits per heavy atom. The van der Waals surface area contributed by atoms with Crippen molar-refractivity contribution in [2.45, 2.75) is 32.6 Å². The van der Waals surface area contributed by atoms with Gasteiger partial charge in [0, 0.05) is 12.0 Å². The number of ether oxygens (including phenoxy) is 1. The fraction of sp³-hybridized carbons (Fsp3) is 0.833. The van der Waals surface area contributed by atoms with E-state index in [4.69, 9.17) is 11.6 Å². The van der Waals surface area contributed by atoms with Crippen LogP contribution in [0.15, 0.2) is 0 Å². The second-order valence-electron chi connectivity index (χ2n) is 4.86. The Labute approximate surface area is 107 Å². The van der Waals surface area contributed by atoms with Crippen LogP contribution in [-0.2, 0) is 9.53 Å². The molecule has 1 aliphatic rings. The fourth-order valence-electron chi connectivity index (χ4n) is 2.32. The zero-order valence-corrected chi connectivity index (χ0v) is 11.2. The summed E-state index contributed by atoms with van der Waals surface area (Å²) in [4.78, 5) is 23.1. The van der Waals surface area contributed by atoms with Crippen LogP contribution in [0.4, 0.5) is 4.79 Å². The monoisotopic (exact) mass is 261 g/mol. The number of amides is 1. The molecule has 5 heteroatoms. The SMILES string of the molecule is COC(=O)NCC1(C(=O)CCl)CCC(C)CC1. The standard InChI is InChI=1S/C12H20ClNO3/c1-9-3-5-12(6-4-9,10(15)7-13)8-14-11(16)17-2/h9H,3-8H2,1-2H3,(H,14,16). The fourth-order valence-corrected chi connectivity index (χ4v) is 2.61. The van der Waals surface area contributed by atoms with Crippen molar-refractivity contribution < 1.29 is 14.3 Å². The zero-order valence-electron chi connectivity index (χ0n) is 10.4. The van der Waals surface area contributed by atoms with Gasteiger partial charge in [0.05, 0.1) is 13.0 Å². The number of alkyl carbamates (subject to hydrolysis) is 1. The summed E-state index contributed by atoms with van der Waals surface area (Å²) in [6.07, 6.45) is 3.11. The largest absolute Gasteiger partial charge is 0.453 e. The van der Waals surface area contributed by atoms with Crippen LogP contribution in [0.5, 0.6) is 0 Å². The normalized spacial score (nSPS) is 28.5. The lowest BCUT2D eigenvalue weighted by atomic mass is 9.68. The van der Waals surface area contributed by atoms with Gasteiger partial charge in [-0.25, -0.2) is 4.79 Å². The molecule has 1 saturated carbocycles. The molecule has 0 heterocycles. The van der Waals surface area contributed by atoms with Gasteiger partial charge in [0.25, 0.3) is 0 Å². The van der Waals surface area contributed by atoms with Crippen molar-refractivity contribution in [3.05, 3.63) is 0 Å². The molecule has 1 N–H and O–H groups in total. The number of hydrogen-bond donors (Lipinski definition) is 1. The lowest BCUT2D eigenvalue weighted by molar-refractivity contribution is -0.128. The summed E-state index contributed by atoms with van der Waals surface area (Å²) in [6.45, 7) is 2.51. The van der Waals surface area contributed by atoms with Gasteiger partial charge in [0.15, 0.2) is 5.78 Å². The number of methoxy groups -OCH3 is 1. The summed E-state index contributed by atoms with van der Waals surface area (Å²) in [5.74, 6) is 0.684. The highest BCUT2D eigenvalue weighted by atomic mass is 35.5. The third-order valence-electron chi connectivity index (χ3n) is 3.70. The molecule has 17 heavy (non-hydrogen) atoms. The Kier molecular flexibility index (Phi) is 5.25. The Hall–Kier alpha value is -0.770. The van der Waals surface area contributed by atoms with Gasteiger partial charge in [-0.15, -0.1) is 11.6 Å². The molecule has 1 amide bonds. The maximum absolute atomic E-state index is 12.0. The first-order chi connectivity index (χ1) is 8.04. The van der Waals surface area contributed by atoms with E-state index in [0.29, 0.717) is 12.5 Å². The van der Waals surface area contributed by atoms with Crippen LogP contribution in [0.1, 0.15) is 32.6 Å². The molecule has 0 unspecified atom stereocenters. The summed E-state index contributed by atoms with van der Waals surface area (Å²) in [7, 11) is 1.31. The van der Waals surface area contributed by atoms with E-state index in [-0.39, 0.29) is 11.7 Å². The first-order valence-electron chi connectivity index (χ1n) is 5.95. The van der Waals surface area contributed by atoms with E-state index >= 15 is 0 Å². The lowest BCUT2D eigenvalue weighted by Crippen LogP contribution is -2.45. The molecule has 0 radical (unpaired) electrons. The van der Waals surface area contributed by atoms with E-state index in [0.717, 1.165) is 25.7 Å². The summed E-state index contributed by atoms with van der Waals surface area (Å²) < 4.78 is 4.53. The molecule has 1 rings (SSSR count). The van der Waals surface area contributed by atoms with Crippen LogP contribution < -0.4 is 5.32 Å². The minimum atomic E-state index is -0.495. The van der Waals surface area contributed by atoms with Gasteiger partial charge in [-0.05, 0) is 31.6 Å². The van der Waals surface area contributed by atoms with Crippen molar-refractivity contribution in [2.24, 2.45) is 11.3 Å². The molecule has 1 aliphatic carbocycles. The van der Waals surface area contributed by atoms with Crippen molar-refractivity contribution >= 4 is 23.5 Å². The Morgan fingerprint density at radius 3 is 2.47 bits per heavy atom. The first kappa shape index (κ1) is 14.3. The van der Waals surface area contributed by atoms with E-state index < -0.39 is 11.5 Å². The molecular formula is C12H20ClNO3. The molecule has 1 fully saturated rings. The highest BCUT2D eigenvalue weighted by Gasteiger charge is 2.40. The summed E-state index contributed by atoms with van der Waals surface area (Å²) in [5, 5.41) is 2.63. The average molecular weight is 262 g/mol. The Morgan fingerprint density at radius 2 is 2.00 bits per heavy atom. The van der Waals surface area contributed by atoms with E-state index in [9.17, 15) is 9.59 Å². The average Bonchev–Trinajstić information content (AvgIpc) is 2.37. The number of ketones is 1. The number of Topliss-reactive ketones (excluding diaryl/α,β-unsaturated/α-hetero) is 1. The molecule has 0 aliphatic heterocycles. The van der Waals surface area contributed by atoms with Gasteiger partial charge >= 0.3 is 6.09 Å². The van der Waals surface area contributed by atoms with E-state index in [1.165, 1.54) is 7.11 Å². The smallest absolute Gasteiger partial charge is 0.406 e. The molecule has 0 bridgehead atoms. The predicted octanol–water partition coefficient (Wildman–Crippen LogP) is 2.35. The van der Waals surface area contributed by atoms with Crippen molar-refractivity contribution in [1.82, 2.24) is 5.32 Å². The van der Waals surface area contributed by atoms with Crippen molar-refractivity contribution in [2.75, 3.05) is 19.5 Å². The second-order valence-corrected chi connectivity index (χ2v) is 5.13. The number of hydrogen-bond acceptors (Lipinski definition) is 3. The summed E-state index contributed by atoms with van der Waals surface area (Å²) in [6, 6.07) is 0. The molecule has 0 aromatic carbocycles. The van der Waals surface area contributed by atoms with Gasteiger partial charge in [0.1, 0.15) is 0 Å². The second kappa shape index (κ2) is 6.24. The zero-order chi connectivity index (χ0) is 12.9. The van der Waals surface area contributed by atoms with Crippen molar-refractivity contribution in [1.29, 1.82) is 0 Å². The minimum Gasteiger partial charge on any atom is -0.453 e. The molecule has 4 nitrogen and oxygen atoms in total. The molecule has 98 valence electrons. The highest BCUT2D eigenvalue weighted by Crippen LogP contribution is 2.39. The maximum Gasteiger partial charge on any atom is 0.406 e. The molecule has 0 atom stereocenters. The van der Waals surface area contributed by atoms with Crippen LogP contribution in [0.3, 0.4) is 0 Å². The van der Waals surface area contributed by atoms with E-state index in [1.807, 2.05) is 0 Å². The van der Waals surface area contributed by atoms with Gasteiger partial charge in [0.2, 0.25) is 0 Å². The maximum atomic E-state index is 12.0. The van der Waals surface area contributed by atoms with Crippen molar-refractivity contribution in [3.63, 3.8) is 0 Å². The van der Waals surface area contributed by atoms with Crippen LogP contribution in [0, 0.1) is 11.3 Å². The van der Waals surface area contributed by atoms with Gasteiger partial charge in [-0.2, -0.15) is 0 Å². The quantitative estimate of drug-likeness (QED) is 0.791. The molecule has 0 spiro atoms.